The molecule has 10 heteroatoms. The van der Waals surface area contributed by atoms with Crippen LogP contribution in [0.25, 0.3) is 10.8 Å². The molecule has 0 aliphatic carbocycles. The zero-order chi connectivity index (χ0) is 41.6. The number of fused-ring (bicyclic) bond motifs is 1. The second-order valence-corrected chi connectivity index (χ2v) is 18.7. The van der Waals surface area contributed by atoms with Crippen molar-refractivity contribution in [2.24, 2.45) is 0 Å². The van der Waals surface area contributed by atoms with Crippen LogP contribution in [0.1, 0.15) is 99.6 Å². The highest BCUT2D eigenvalue weighted by molar-refractivity contribution is 5.95. The monoisotopic (exact) mass is 767 g/mol. The highest BCUT2D eigenvalue weighted by Gasteiger charge is 2.40. The summed E-state index contributed by atoms with van der Waals surface area (Å²) in [6.07, 6.45) is 3.40. The predicted octanol–water partition coefficient (Wildman–Crippen LogP) is 7.34. The second-order valence-electron chi connectivity index (χ2n) is 18.7. The van der Waals surface area contributed by atoms with E-state index in [0.717, 1.165) is 40.3 Å². The molecule has 304 valence electrons. The van der Waals surface area contributed by atoms with E-state index in [1.54, 1.807) is 34.9 Å². The lowest BCUT2D eigenvalue weighted by Crippen LogP contribution is -2.63. The van der Waals surface area contributed by atoms with E-state index < -0.39 is 29.3 Å². The first-order valence-electron chi connectivity index (χ1n) is 19.8. The fraction of sp³-hybridized carbons (Fsp3) is 0.522. The summed E-state index contributed by atoms with van der Waals surface area (Å²) < 4.78 is 5.45. The maximum atomic E-state index is 14.9. The third-order valence-corrected chi connectivity index (χ3v) is 10.2. The Labute approximate surface area is 334 Å². The van der Waals surface area contributed by atoms with Gasteiger partial charge in [-0.1, -0.05) is 78.4 Å². The standard InChI is InChI=1S/C46H65N5O5/c1-31(28-44(5,6)48-42(55)56-43(2,3)4)24-39(52)50(11)38(27-33-22-23-34-20-16-17-21-35(34)25-33)41(54)51(12)37(26-32-18-14-13-15-19-32)40(53)47-36-29-45(7,8)49-46(9,10)30-36/h13-25,36-38,49H,26-30H2,1-12H3,(H,47,53)(H,48,55)/b31-24+/t37-,38-/m1/s1. The quantitative estimate of drug-likeness (QED) is 0.157. The normalized spacial score (nSPS) is 17.0. The first-order valence-corrected chi connectivity index (χ1v) is 19.8. The molecule has 0 spiro atoms. The van der Waals surface area contributed by atoms with E-state index in [1.807, 2.05) is 87.5 Å². The Bertz CT molecular complexity index is 1880. The van der Waals surface area contributed by atoms with Crippen LogP contribution >= 0.6 is 0 Å². The van der Waals surface area contributed by atoms with Crippen LogP contribution in [0.5, 0.6) is 0 Å². The van der Waals surface area contributed by atoms with Gasteiger partial charge in [0.05, 0.1) is 0 Å². The average molecular weight is 768 g/mol. The Kier molecular flexibility index (Phi) is 13.8. The number of rotatable bonds is 13. The van der Waals surface area contributed by atoms with Gasteiger partial charge in [0.2, 0.25) is 17.7 Å². The SMILES string of the molecule is C/C(=C\C(=O)N(C)[C@H](Cc1ccc2ccccc2c1)C(=O)N(C)[C@H](Cc1ccccc1)C(=O)NC1CC(C)(C)NC(C)(C)C1)CC(C)(C)NC(=O)OC(C)(C)C. The van der Waals surface area contributed by atoms with Gasteiger partial charge < -0.3 is 30.5 Å². The Morgan fingerprint density at radius 3 is 1.98 bits per heavy atom. The van der Waals surface area contributed by atoms with E-state index in [4.69, 9.17) is 4.74 Å². The summed E-state index contributed by atoms with van der Waals surface area (Å²) in [4.78, 5) is 58.9. The van der Waals surface area contributed by atoms with Crippen molar-refractivity contribution in [3.8, 4) is 0 Å². The molecule has 10 nitrogen and oxygen atoms in total. The Balaban J connectivity index is 1.65. The number of piperidine rings is 1. The number of amides is 4. The zero-order valence-corrected chi connectivity index (χ0v) is 35.7. The molecule has 0 saturated carbocycles. The molecule has 4 rings (SSSR count). The number of likely N-dealkylation sites (N-methyl/N-ethyl adjacent to an activating group) is 2. The lowest BCUT2D eigenvalue weighted by Gasteiger charge is -2.47. The molecule has 1 aliphatic rings. The van der Waals surface area contributed by atoms with Crippen LogP contribution in [0.4, 0.5) is 4.79 Å². The molecule has 3 aromatic carbocycles. The fourth-order valence-electron chi connectivity index (χ4n) is 8.17. The molecular weight excluding hydrogens is 703 g/mol. The largest absolute Gasteiger partial charge is 0.444 e. The molecule has 1 aliphatic heterocycles. The fourth-order valence-corrected chi connectivity index (χ4v) is 8.17. The van der Waals surface area contributed by atoms with Gasteiger partial charge in [-0.05, 0) is 110 Å². The topological polar surface area (TPSA) is 120 Å². The maximum absolute atomic E-state index is 14.9. The minimum Gasteiger partial charge on any atom is -0.444 e. The van der Waals surface area contributed by atoms with E-state index in [1.165, 1.54) is 15.9 Å². The summed E-state index contributed by atoms with van der Waals surface area (Å²) in [5, 5.41) is 12.0. The molecular formula is C46H65N5O5. The number of hydrogen-bond donors (Lipinski definition) is 3. The summed E-state index contributed by atoms with van der Waals surface area (Å²) in [6, 6.07) is 22.0. The Morgan fingerprint density at radius 1 is 0.804 bits per heavy atom. The van der Waals surface area contributed by atoms with Gasteiger partial charge in [0, 0.05) is 55.7 Å². The molecule has 0 bridgehead atoms. The molecule has 1 heterocycles. The van der Waals surface area contributed by atoms with E-state index in [0.29, 0.717) is 12.8 Å². The van der Waals surface area contributed by atoms with Crippen molar-refractivity contribution >= 4 is 34.6 Å². The Morgan fingerprint density at radius 2 is 1.38 bits per heavy atom. The number of alkyl carbamates (subject to hydrolysis) is 1. The molecule has 0 aromatic heterocycles. The van der Waals surface area contributed by atoms with Gasteiger partial charge in [-0.2, -0.15) is 0 Å². The molecule has 0 radical (unpaired) electrons. The number of hydrogen-bond acceptors (Lipinski definition) is 6. The minimum absolute atomic E-state index is 0.0876. The summed E-state index contributed by atoms with van der Waals surface area (Å²) >= 11 is 0. The van der Waals surface area contributed by atoms with Crippen molar-refractivity contribution in [2.75, 3.05) is 14.1 Å². The lowest BCUT2D eigenvalue weighted by molar-refractivity contribution is -0.146. The van der Waals surface area contributed by atoms with E-state index >= 15 is 0 Å². The molecule has 3 aromatic rings. The second kappa shape index (κ2) is 17.6. The summed E-state index contributed by atoms with van der Waals surface area (Å²) in [5.74, 6) is -0.919. The van der Waals surface area contributed by atoms with Gasteiger partial charge >= 0.3 is 6.09 Å². The van der Waals surface area contributed by atoms with Crippen molar-refractivity contribution < 1.29 is 23.9 Å². The van der Waals surface area contributed by atoms with Crippen LogP contribution < -0.4 is 16.0 Å². The van der Waals surface area contributed by atoms with E-state index in [-0.39, 0.29) is 41.3 Å². The van der Waals surface area contributed by atoms with Crippen LogP contribution in [0.2, 0.25) is 0 Å². The van der Waals surface area contributed by atoms with Crippen LogP contribution in [-0.4, -0.2) is 88.1 Å². The lowest BCUT2D eigenvalue weighted by atomic mass is 9.79. The van der Waals surface area contributed by atoms with Gasteiger partial charge in [0.1, 0.15) is 17.7 Å². The maximum Gasteiger partial charge on any atom is 0.408 e. The zero-order valence-electron chi connectivity index (χ0n) is 35.7. The average Bonchev–Trinajstić information content (AvgIpc) is 3.06. The van der Waals surface area contributed by atoms with Crippen LogP contribution in [0.15, 0.2) is 84.4 Å². The molecule has 4 amide bonds. The number of nitrogens with one attached hydrogen (secondary N) is 3. The van der Waals surface area contributed by atoms with Gasteiger partial charge in [0.15, 0.2) is 0 Å². The highest BCUT2D eigenvalue weighted by Crippen LogP contribution is 2.29. The molecule has 56 heavy (non-hydrogen) atoms. The van der Waals surface area contributed by atoms with E-state index in [2.05, 4.69) is 49.7 Å². The number of nitrogens with zero attached hydrogens (tertiary/aromatic N) is 2. The van der Waals surface area contributed by atoms with Gasteiger partial charge in [-0.15, -0.1) is 0 Å². The molecule has 2 atom stereocenters. The van der Waals surface area contributed by atoms with Gasteiger partial charge in [0.25, 0.3) is 0 Å². The number of carbonyl (C=O) groups is 4. The van der Waals surface area contributed by atoms with Crippen LogP contribution in [0.3, 0.4) is 0 Å². The summed E-state index contributed by atoms with van der Waals surface area (Å²) in [7, 11) is 3.31. The van der Waals surface area contributed by atoms with Gasteiger partial charge in [-0.3, -0.25) is 14.4 Å². The van der Waals surface area contributed by atoms with E-state index in [9.17, 15) is 19.2 Å². The number of benzene rings is 3. The molecule has 1 fully saturated rings. The minimum atomic E-state index is -0.923. The first-order chi connectivity index (χ1) is 25.9. The smallest absolute Gasteiger partial charge is 0.408 e. The summed E-state index contributed by atoms with van der Waals surface area (Å²) in [6.45, 7) is 19.5. The van der Waals surface area contributed by atoms with Crippen molar-refractivity contribution in [3.05, 3.63) is 95.6 Å². The van der Waals surface area contributed by atoms with Crippen molar-refractivity contribution in [1.82, 2.24) is 25.8 Å². The highest BCUT2D eigenvalue weighted by atomic mass is 16.6. The third-order valence-electron chi connectivity index (χ3n) is 10.2. The third kappa shape index (κ3) is 12.9. The Hall–Kier alpha value is -4.70. The van der Waals surface area contributed by atoms with Crippen molar-refractivity contribution in [2.45, 2.75) is 142 Å². The number of carbonyl (C=O) groups excluding carboxylic acids is 4. The van der Waals surface area contributed by atoms with Crippen molar-refractivity contribution in [1.29, 1.82) is 0 Å². The van der Waals surface area contributed by atoms with Crippen LogP contribution in [-0.2, 0) is 32.0 Å². The molecule has 1 saturated heterocycles. The first kappa shape index (κ1) is 44.0. The summed E-state index contributed by atoms with van der Waals surface area (Å²) in [5.41, 5.74) is 0.817. The predicted molar refractivity (Wildman–Crippen MR) is 225 cm³/mol. The number of ether oxygens (including phenoxy) is 1. The van der Waals surface area contributed by atoms with Crippen LogP contribution in [0, 0.1) is 0 Å². The van der Waals surface area contributed by atoms with Crippen molar-refractivity contribution in [3.63, 3.8) is 0 Å². The molecule has 0 unspecified atom stereocenters. The molecule has 3 N–H and O–H groups in total. The van der Waals surface area contributed by atoms with Gasteiger partial charge in [-0.25, -0.2) is 4.79 Å².